The lowest BCUT2D eigenvalue weighted by molar-refractivity contribution is -0.125. The van der Waals surface area contributed by atoms with Gasteiger partial charge in [0.25, 0.3) is 0 Å². The predicted octanol–water partition coefficient (Wildman–Crippen LogP) is 2.55. The molecule has 0 saturated heterocycles. The zero-order valence-corrected chi connectivity index (χ0v) is 17.6. The standard InChI is InChI=1S/C18H30N6O2S/c1-6-26-11-15(25)19-7-8-24-17-14(10-21-24)16(20-9-12(2)3)22-18(23-17)27-13(4)5/h10,12-13H,6-9,11H2,1-5H3,(H,19,25)(H,20,22,23). The van der Waals surface area contributed by atoms with Crippen molar-refractivity contribution >= 4 is 34.5 Å². The summed E-state index contributed by atoms with van der Waals surface area (Å²) in [6, 6.07) is 0. The number of anilines is 1. The fourth-order valence-electron chi connectivity index (χ4n) is 2.35. The summed E-state index contributed by atoms with van der Waals surface area (Å²) in [7, 11) is 0. The van der Waals surface area contributed by atoms with Gasteiger partial charge in [0.15, 0.2) is 10.8 Å². The second kappa shape index (κ2) is 10.5. The lowest BCUT2D eigenvalue weighted by atomic mass is 10.2. The Labute approximate surface area is 164 Å². The van der Waals surface area contributed by atoms with Crippen molar-refractivity contribution in [1.82, 2.24) is 25.1 Å². The van der Waals surface area contributed by atoms with Crippen LogP contribution in [0.3, 0.4) is 0 Å². The van der Waals surface area contributed by atoms with Crippen LogP contribution < -0.4 is 10.6 Å². The number of nitrogens with one attached hydrogen (secondary N) is 2. The van der Waals surface area contributed by atoms with Crippen molar-refractivity contribution in [2.75, 3.05) is 31.6 Å². The third kappa shape index (κ3) is 6.66. The van der Waals surface area contributed by atoms with E-state index in [1.54, 1.807) is 18.0 Å². The molecule has 0 atom stereocenters. The van der Waals surface area contributed by atoms with Crippen molar-refractivity contribution < 1.29 is 9.53 Å². The van der Waals surface area contributed by atoms with Gasteiger partial charge in [-0.25, -0.2) is 14.6 Å². The number of hydrogen-bond acceptors (Lipinski definition) is 7. The summed E-state index contributed by atoms with van der Waals surface area (Å²) < 4.78 is 6.91. The number of carbonyl (C=O) groups is 1. The van der Waals surface area contributed by atoms with Crippen LogP contribution in [0, 0.1) is 5.92 Å². The number of carbonyl (C=O) groups excluding carboxylic acids is 1. The quantitative estimate of drug-likeness (QED) is 0.447. The zero-order chi connectivity index (χ0) is 19.8. The van der Waals surface area contributed by atoms with Gasteiger partial charge in [0, 0.05) is 24.9 Å². The maximum absolute atomic E-state index is 11.7. The first-order valence-electron chi connectivity index (χ1n) is 9.39. The van der Waals surface area contributed by atoms with E-state index in [1.807, 2.05) is 11.6 Å². The van der Waals surface area contributed by atoms with Gasteiger partial charge in [-0.1, -0.05) is 39.5 Å². The molecule has 27 heavy (non-hydrogen) atoms. The topological polar surface area (TPSA) is 94.0 Å². The van der Waals surface area contributed by atoms with E-state index in [9.17, 15) is 4.79 Å². The van der Waals surface area contributed by atoms with Gasteiger partial charge in [-0.05, 0) is 12.8 Å². The molecule has 9 heteroatoms. The van der Waals surface area contributed by atoms with Crippen molar-refractivity contribution in [2.45, 2.75) is 51.6 Å². The zero-order valence-electron chi connectivity index (χ0n) is 16.8. The summed E-state index contributed by atoms with van der Waals surface area (Å²) in [5, 5.41) is 12.7. The lowest BCUT2D eigenvalue weighted by Gasteiger charge is -2.12. The molecular formula is C18H30N6O2S. The Morgan fingerprint density at radius 1 is 1.30 bits per heavy atom. The van der Waals surface area contributed by atoms with E-state index in [0.29, 0.717) is 30.9 Å². The second-order valence-corrected chi connectivity index (χ2v) is 8.43. The molecule has 2 rings (SSSR count). The van der Waals surface area contributed by atoms with Crippen molar-refractivity contribution in [3.63, 3.8) is 0 Å². The van der Waals surface area contributed by atoms with Gasteiger partial charge >= 0.3 is 0 Å². The molecule has 150 valence electrons. The fraction of sp³-hybridized carbons (Fsp3) is 0.667. The monoisotopic (exact) mass is 394 g/mol. The summed E-state index contributed by atoms with van der Waals surface area (Å²) in [6.07, 6.45) is 1.78. The van der Waals surface area contributed by atoms with Gasteiger partial charge in [-0.2, -0.15) is 5.10 Å². The molecule has 2 aromatic heterocycles. The van der Waals surface area contributed by atoms with E-state index in [1.165, 1.54) is 0 Å². The van der Waals surface area contributed by atoms with Crippen LogP contribution in [0.4, 0.5) is 5.82 Å². The van der Waals surface area contributed by atoms with Gasteiger partial charge in [0.05, 0.1) is 18.1 Å². The number of thioether (sulfide) groups is 1. The van der Waals surface area contributed by atoms with E-state index in [0.717, 1.165) is 28.6 Å². The number of rotatable bonds is 11. The average Bonchev–Trinajstić information content (AvgIpc) is 3.00. The molecule has 2 heterocycles. The molecule has 2 N–H and O–H groups in total. The SMILES string of the molecule is CCOCC(=O)NCCn1ncc2c(NCC(C)C)nc(SC(C)C)nc21. The van der Waals surface area contributed by atoms with Crippen LogP contribution in [0.5, 0.6) is 0 Å². The van der Waals surface area contributed by atoms with Gasteiger partial charge in [-0.15, -0.1) is 0 Å². The van der Waals surface area contributed by atoms with E-state index >= 15 is 0 Å². The van der Waals surface area contributed by atoms with E-state index in [-0.39, 0.29) is 12.5 Å². The van der Waals surface area contributed by atoms with Crippen molar-refractivity contribution in [3.05, 3.63) is 6.20 Å². The van der Waals surface area contributed by atoms with Crippen LogP contribution in [0.25, 0.3) is 11.0 Å². The van der Waals surface area contributed by atoms with Crippen LogP contribution >= 0.6 is 11.8 Å². The first-order chi connectivity index (χ1) is 12.9. The highest BCUT2D eigenvalue weighted by Gasteiger charge is 2.14. The number of amides is 1. The molecule has 0 bridgehead atoms. The van der Waals surface area contributed by atoms with Crippen molar-refractivity contribution in [1.29, 1.82) is 0 Å². The van der Waals surface area contributed by atoms with Gasteiger partial charge < -0.3 is 15.4 Å². The first kappa shape index (κ1) is 21.4. The minimum absolute atomic E-state index is 0.0803. The molecule has 8 nitrogen and oxygen atoms in total. The Bertz CT molecular complexity index is 747. The largest absolute Gasteiger partial charge is 0.372 e. The molecule has 0 aromatic carbocycles. The summed E-state index contributed by atoms with van der Waals surface area (Å²) in [5.74, 6) is 1.19. The Balaban J connectivity index is 2.16. The summed E-state index contributed by atoms with van der Waals surface area (Å²) in [4.78, 5) is 21.0. The third-order valence-corrected chi connectivity index (χ3v) is 4.44. The first-order valence-corrected chi connectivity index (χ1v) is 10.3. The summed E-state index contributed by atoms with van der Waals surface area (Å²) >= 11 is 1.62. The summed E-state index contributed by atoms with van der Waals surface area (Å²) in [6.45, 7) is 12.8. The molecule has 1 amide bonds. The molecular weight excluding hydrogens is 364 g/mol. The number of hydrogen-bond donors (Lipinski definition) is 2. The molecule has 0 aliphatic heterocycles. The molecule has 2 aromatic rings. The van der Waals surface area contributed by atoms with Crippen molar-refractivity contribution in [2.24, 2.45) is 5.92 Å². The Kier molecular flexibility index (Phi) is 8.30. The molecule has 0 unspecified atom stereocenters. The van der Waals surface area contributed by atoms with Crippen molar-refractivity contribution in [3.8, 4) is 0 Å². The second-order valence-electron chi connectivity index (χ2n) is 6.89. The van der Waals surface area contributed by atoms with E-state index in [2.05, 4.69) is 53.4 Å². The minimum Gasteiger partial charge on any atom is -0.372 e. The Hall–Kier alpha value is -1.87. The molecule has 0 radical (unpaired) electrons. The maximum Gasteiger partial charge on any atom is 0.246 e. The highest BCUT2D eigenvalue weighted by Crippen LogP contribution is 2.26. The molecule has 0 saturated carbocycles. The van der Waals surface area contributed by atoms with Crippen LogP contribution in [-0.4, -0.2) is 57.2 Å². The Morgan fingerprint density at radius 2 is 2.07 bits per heavy atom. The van der Waals surface area contributed by atoms with Crippen LogP contribution in [0.1, 0.15) is 34.6 Å². The number of nitrogens with zero attached hydrogens (tertiary/aromatic N) is 4. The summed E-state index contributed by atoms with van der Waals surface area (Å²) in [5.41, 5.74) is 0.776. The highest BCUT2D eigenvalue weighted by atomic mass is 32.2. The van der Waals surface area contributed by atoms with Gasteiger partial charge in [0.1, 0.15) is 12.4 Å². The third-order valence-electron chi connectivity index (χ3n) is 3.58. The van der Waals surface area contributed by atoms with Gasteiger partial charge in [-0.3, -0.25) is 4.79 Å². The maximum atomic E-state index is 11.7. The number of fused-ring (bicyclic) bond motifs is 1. The van der Waals surface area contributed by atoms with E-state index < -0.39 is 0 Å². The average molecular weight is 395 g/mol. The Morgan fingerprint density at radius 3 is 2.74 bits per heavy atom. The smallest absolute Gasteiger partial charge is 0.246 e. The number of aromatic nitrogens is 4. The number of ether oxygens (including phenoxy) is 1. The van der Waals surface area contributed by atoms with Crippen LogP contribution in [0.2, 0.25) is 0 Å². The fourth-order valence-corrected chi connectivity index (χ4v) is 3.05. The lowest BCUT2D eigenvalue weighted by Crippen LogP contribution is -2.30. The normalized spacial score (nSPS) is 11.5. The molecule has 0 fully saturated rings. The van der Waals surface area contributed by atoms with Crippen LogP contribution in [-0.2, 0) is 16.1 Å². The molecule has 0 spiro atoms. The van der Waals surface area contributed by atoms with Crippen LogP contribution in [0.15, 0.2) is 11.4 Å². The minimum atomic E-state index is -0.127. The molecule has 0 aliphatic rings. The predicted molar refractivity (Wildman–Crippen MR) is 109 cm³/mol. The van der Waals surface area contributed by atoms with E-state index in [4.69, 9.17) is 4.74 Å². The molecule has 0 aliphatic carbocycles. The van der Waals surface area contributed by atoms with Gasteiger partial charge in [0.2, 0.25) is 5.91 Å². The highest BCUT2D eigenvalue weighted by molar-refractivity contribution is 7.99.